The summed E-state index contributed by atoms with van der Waals surface area (Å²) in [5.41, 5.74) is 0.697. The number of hydrogen-bond acceptors (Lipinski definition) is 4. The van der Waals surface area contributed by atoms with Crippen LogP contribution in [0.15, 0.2) is 54.7 Å². The van der Waals surface area contributed by atoms with Gasteiger partial charge in [0, 0.05) is 41.7 Å². The van der Waals surface area contributed by atoms with Crippen molar-refractivity contribution in [2.75, 3.05) is 13.1 Å². The fraction of sp³-hybridized carbons (Fsp3) is 0.400. The molecule has 1 aromatic heterocycles. The van der Waals surface area contributed by atoms with Crippen molar-refractivity contribution in [3.63, 3.8) is 0 Å². The summed E-state index contributed by atoms with van der Waals surface area (Å²) >= 11 is 6.09. The predicted octanol–water partition coefficient (Wildman–Crippen LogP) is 5.17. The van der Waals surface area contributed by atoms with Gasteiger partial charge in [0.2, 0.25) is 11.8 Å². The van der Waals surface area contributed by atoms with Gasteiger partial charge in [-0.2, -0.15) is 5.10 Å². The van der Waals surface area contributed by atoms with Gasteiger partial charge in [0.05, 0.1) is 11.6 Å². The number of benzene rings is 2. The Kier molecular flexibility index (Phi) is 5.53. The van der Waals surface area contributed by atoms with E-state index >= 15 is 0 Å². The van der Waals surface area contributed by atoms with Crippen LogP contribution in [0.2, 0.25) is 5.02 Å². The number of carbonyl (C=O) groups excluding carboxylic acids is 1. The first kappa shape index (κ1) is 20.3. The fourth-order valence-corrected chi connectivity index (χ4v) is 5.23. The molecule has 2 fully saturated rings. The lowest BCUT2D eigenvalue weighted by Crippen LogP contribution is -2.50. The highest BCUT2D eigenvalue weighted by Gasteiger charge is 2.45. The van der Waals surface area contributed by atoms with E-state index in [-0.39, 0.29) is 12.0 Å². The molecule has 1 saturated carbocycles. The molecule has 5 rings (SSSR count). The molecule has 0 bridgehead atoms. The maximum Gasteiger partial charge on any atom is 0.241 e. The van der Waals surface area contributed by atoms with Crippen LogP contribution in [0.3, 0.4) is 0 Å². The number of aromatic nitrogens is 2. The summed E-state index contributed by atoms with van der Waals surface area (Å²) in [7, 11) is 0. The number of piperidine rings is 1. The number of halogens is 1. The third-order valence-corrected chi connectivity index (χ3v) is 7.06. The fourth-order valence-electron chi connectivity index (χ4n) is 5.10. The topological polar surface area (TPSA) is 55.3 Å². The first-order valence-corrected chi connectivity index (χ1v) is 11.5. The Morgan fingerprint density at radius 3 is 2.48 bits per heavy atom. The van der Waals surface area contributed by atoms with E-state index < -0.39 is 5.41 Å². The van der Waals surface area contributed by atoms with Crippen molar-refractivity contribution >= 4 is 28.3 Å². The Labute approximate surface area is 187 Å². The molecular formula is C25H26ClN3O2. The summed E-state index contributed by atoms with van der Waals surface area (Å²) in [6.07, 6.45) is 7.40. The van der Waals surface area contributed by atoms with E-state index in [2.05, 4.69) is 10.2 Å². The van der Waals surface area contributed by atoms with Crippen molar-refractivity contribution in [1.29, 1.82) is 0 Å². The zero-order valence-electron chi connectivity index (χ0n) is 17.5. The molecule has 0 atom stereocenters. The van der Waals surface area contributed by atoms with Gasteiger partial charge in [-0.05, 0) is 36.6 Å². The van der Waals surface area contributed by atoms with E-state index in [0.717, 1.165) is 54.9 Å². The molecule has 0 spiro atoms. The van der Waals surface area contributed by atoms with Gasteiger partial charge in [0.15, 0.2) is 0 Å². The summed E-state index contributed by atoms with van der Waals surface area (Å²) in [6.45, 7) is 1.41. The number of ether oxygens (including phenoxy) is 1. The van der Waals surface area contributed by atoms with Gasteiger partial charge in [-0.1, -0.05) is 54.8 Å². The van der Waals surface area contributed by atoms with Crippen LogP contribution < -0.4 is 4.74 Å². The number of carbonyl (C=O) groups is 1. The van der Waals surface area contributed by atoms with Crippen LogP contribution in [0, 0.1) is 0 Å². The first-order valence-electron chi connectivity index (χ1n) is 11.1. The monoisotopic (exact) mass is 435 g/mol. The number of likely N-dealkylation sites (tertiary alicyclic amines) is 1. The van der Waals surface area contributed by atoms with Crippen LogP contribution in [-0.4, -0.2) is 40.2 Å². The largest absolute Gasteiger partial charge is 0.473 e. The smallest absolute Gasteiger partial charge is 0.241 e. The Bertz CT molecular complexity index is 1070. The normalized spacial score (nSPS) is 18.9. The van der Waals surface area contributed by atoms with E-state index in [1.165, 1.54) is 0 Å². The van der Waals surface area contributed by atoms with Gasteiger partial charge in [-0.25, -0.2) is 0 Å². The minimum atomic E-state index is -0.403. The molecule has 1 aliphatic carbocycles. The van der Waals surface area contributed by atoms with Gasteiger partial charge in [-0.3, -0.25) is 4.79 Å². The summed E-state index contributed by atoms with van der Waals surface area (Å²) in [4.78, 5) is 15.7. The predicted molar refractivity (Wildman–Crippen MR) is 121 cm³/mol. The first-order chi connectivity index (χ1) is 15.2. The number of nitrogens with zero attached hydrogens (tertiary/aromatic N) is 3. The molecule has 2 aliphatic rings. The lowest BCUT2D eigenvalue weighted by molar-refractivity contribution is -0.139. The van der Waals surface area contributed by atoms with Gasteiger partial charge in [-0.15, -0.1) is 5.10 Å². The molecule has 1 aliphatic heterocycles. The van der Waals surface area contributed by atoms with E-state index in [4.69, 9.17) is 16.3 Å². The van der Waals surface area contributed by atoms with Crippen LogP contribution in [0.5, 0.6) is 5.88 Å². The maximum atomic E-state index is 13.7. The minimum absolute atomic E-state index is 0.0409. The molecular weight excluding hydrogens is 410 g/mol. The highest BCUT2D eigenvalue weighted by molar-refractivity contribution is 6.30. The number of amides is 1. The summed E-state index contributed by atoms with van der Waals surface area (Å²) in [5, 5.41) is 11.0. The second-order valence-corrected chi connectivity index (χ2v) is 9.08. The molecule has 160 valence electrons. The summed E-state index contributed by atoms with van der Waals surface area (Å²) in [5.74, 6) is 0.840. The van der Waals surface area contributed by atoms with Gasteiger partial charge in [0.25, 0.3) is 0 Å². The number of hydrogen-bond donors (Lipinski definition) is 0. The highest BCUT2D eigenvalue weighted by Crippen LogP contribution is 2.43. The minimum Gasteiger partial charge on any atom is -0.473 e. The second kappa shape index (κ2) is 8.46. The number of fused-ring (bicyclic) bond motifs is 1. The van der Waals surface area contributed by atoms with E-state index in [0.29, 0.717) is 24.0 Å². The quantitative estimate of drug-likeness (QED) is 0.567. The van der Waals surface area contributed by atoms with Crippen molar-refractivity contribution in [2.24, 2.45) is 0 Å². The van der Waals surface area contributed by atoms with Crippen molar-refractivity contribution in [3.05, 3.63) is 65.3 Å². The highest BCUT2D eigenvalue weighted by atomic mass is 35.5. The molecule has 2 heterocycles. The van der Waals surface area contributed by atoms with Crippen LogP contribution in [0.25, 0.3) is 10.8 Å². The number of rotatable bonds is 4. The lowest BCUT2D eigenvalue weighted by atomic mass is 9.77. The molecule has 1 saturated heterocycles. The van der Waals surface area contributed by atoms with Crippen molar-refractivity contribution in [2.45, 2.75) is 50.0 Å². The van der Waals surface area contributed by atoms with Crippen LogP contribution >= 0.6 is 11.6 Å². The van der Waals surface area contributed by atoms with Crippen LogP contribution in [0.4, 0.5) is 0 Å². The standard InChI is InChI=1S/C25H26ClN3O2/c26-20-9-7-19(8-10-20)25(13-3-4-14-25)24(30)29-15-11-21(12-16-29)31-23-22-6-2-1-5-18(22)17-27-28-23/h1-2,5-10,17,21H,3-4,11-16H2. The van der Waals surface area contributed by atoms with Gasteiger partial charge >= 0.3 is 0 Å². The average molecular weight is 436 g/mol. The molecule has 0 radical (unpaired) electrons. The molecule has 2 aromatic carbocycles. The van der Waals surface area contributed by atoms with E-state index in [1.54, 1.807) is 6.20 Å². The summed E-state index contributed by atoms with van der Waals surface area (Å²) < 4.78 is 6.22. The Balaban J connectivity index is 1.28. The Morgan fingerprint density at radius 1 is 1.03 bits per heavy atom. The third kappa shape index (κ3) is 3.87. The SMILES string of the molecule is O=C(N1CCC(Oc2nncc3ccccc23)CC1)C1(c2ccc(Cl)cc2)CCCC1. The Morgan fingerprint density at radius 2 is 1.74 bits per heavy atom. The molecule has 5 nitrogen and oxygen atoms in total. The lowest BCUT2D eigenvalue weighted by Gasteiger charge is -2.38. The molecule has 0 unspecified atom stereocenters. The zero-order chi connectivity index (χ0) is 21.3. The van der Waals surface area contributed by atoms with Gasteiger partial charge < -0.3 is 9.64 Å². The maximum absolute atomic E-state index is 13.7. The summed E-state index contributed by atoms with van der Waals surface area (Å²) in [6, 6.07) is 15.8. The second-order valence-electron chi connectivity index (χ2n) is 8.64. The third-order valence-electron chi connectivity index (χ3n) is 6.81. The molecule has 31 heavy (non-hydrogen) atoms. The van der Waals surface area contributed by atoms with Crippen LogP contribution in [-0.2, 0) is 10.2 Å². The van der Waals surface area contributed by atoms with E-state index in [9.17, 15) is 4.79 Å². The molecule has 1 amide bonds. The molecule has 0 N–H and O–H groups in total. The van der Waals surface area contributed by atoms with E-state index in [1.807, 2.05) is 53.4 Å². The molecule has 3 aromatic rings. The van der Waals surface area contributed by atoms with Gasteiger partial charge in [0.1, 0.15) is 6.10 Å². The zero-order valence-corrected chi connectivity index (χ0v) is 18.2. The van der Waals surface area contributed by atoms with Crippen molar-refractivity contribution in [1.82, 2.24) is 15.1 Å². The van der Waals surface area contributed by atoms with Crippen molar-refractivity contribution in [3.8, 4) is 5.88 Å². The Hall–Kier alpha value is -2.66. The van der Waals surface area contributed by atoms with Crippen LogP contribution in [0.1, 0.15) is 44.1 Å². The van der Waals surface area contributed by atoms with Crippen molar-refractivity contribution < 1.29 is 9.53 Å². The molecule has 6 heteroatoms. The average Bonchev–Trinajstić information content (AvgIpc) is 3.31.